The SMILES string of the molecule is CN(C(C)(C)CO)S(=O)(=O)c1ccc(N)c2cccnc12. The molecular formula is C14H19N3O3S. The van der Waals surface area contributed by atoms with Crippen LogP contribution in [0.15, 0.2) is 35.4 Å². The fraction of sp³-hybridized carbons (Fsp3) is 0.357. The van der Waals surface area contributed by atoms with Crippen LogP contribution in [0, 0.1) is 0 Å². The first-order valence-electron chi connectivity index (χ1n) is 6.45. The van der Waals surface area contributed by atoms with Crippen molar-refractivity contribution in [2.45, 2.75) is 24.3 Å². The lowest BCUT2D eigenvalue weighted by Gasteiger charge is -2.32. The third kappa shape index (κ3) is 2.59. The van der Waals surface area contributed by atoms with Crippen molar-refractivity contribution in [3.8, 4) is 0 Å². The number of nitrogen functional groups attached to an aromatic ring is 1. The lowest BCUT2D eigenvalue weighted by molar-refractivity contribution is 0.138. The summed E-state index contributed by atoms with van der Waals surface area (Å²) in [7, 11) is -2.36. The summed E-state index contributed by atoms with van der Waals surface area (Å²) < 4.78 is 26.7. The summed E-state index contributed by atoms with van der Waals surface area (Å²) in [6.45, 7) is 3.01. The van der Waals surface area contributed by atoms with Gasteiger partial charge in [-0.1, -0.05) is 0 Å². The Morgan fingerprint density at radius 2 is 2.00 bits per heavy atom. The molecule has 21 heavy (non-hydrogen) atoms. The molecule has 0 spiro atoms. The van der Waals surface area contributed by atoms with Crippen LogP contribution in [0.1, 0.15) is 13.8 Å². The summed E-state index contributed by atoms with van der Waals surface area (Å²) in [4.78, 5) is 4.23. The average Bonchev–Trinajstić information content (AvgIpc) is 2.46. The first kappa shape index (κ1) is 15.7. The molecule has 1 aromatic carbocycles. The smallest absolute Gasteiger partial charge is 0.245 e. The van der Waals surface area contributed by atoms with Gasteiger partial charge in [0.15, 0.2) is 0 Å². The van der Waals surface area contributed by atoms with E-state index in [4.69, 9.17) is 5.73 Å². The Bertz CT molecular complexity index is 772. The number of anilines is 1. The topological polar surface area (TPSA) is 96.5 Å². The van der Waals surface area contributed by atoms with Crippen LogP contribution in [0.2, 0.25) is 0 Å². The van der Waals surface area contributed by atoms with E-state index in [0.717, 1.165) is 4.31 Å². The van der Waals surface area contributed by atoms with Crippen LogP contribution in [0.4, 0.5) is 5.69 Å². The lowest BCUT2D eigenvalue weighted by atomic mass is 10.1. The summed E-state index contributed by atoms with van der Waals surface area (Å²) in [5.74, 6) is 0. The van der Waals surface area contributed by atoms with E-state index in [1.165, 1.54) is 19.3 Å². The first-order chi connectivity index (χ1) is 9.71. The largest absolute Gasteiger partial charge is 0.398 e. The van der Waals surface area contributed by atoms with E-state index in [2.05, 4.69) is 4.98 Å². The van der Waals surface area contributed by atoms with Crippen molar-refractivity contribution in [1.82, 2.24) is 9.29 Å². The predicted octanol–water partition coefficient (Wildman–Crippen LogP) is 1.21. The number of likely N-dealkylation sites (N-methyl/N-ethyl adjacent to an activating group) is 1. The molecule has 114 valence electrons. The minimum Gasteiger partial charge on any atom is -0.398 e. The maximum atomic E-state index is 12.8. The van der Waals surface area contributed by atoms with Gasteiger partial charge >= 0.3 is 0 Å². The molecule has 2 aromatic rings. The van der Waals surface area contributed by atoms with Crippen molar-refractivity contribution in [2.75, 3.05) is 19.4 Å². The zero-order chi connectivity index (χ0) is 15.8. The fourth-order valence-corrected chi connectivity index (χ4v) is 3.60. The van der Waals surface area contributed by atoms with E-state index >= 15 is 0 Å². The zero-order valence-electron chi connectivity index (χ0n) is 12.2. The van der Waals surface area contributed by atoms with Crippen LogP contribution in [0.25, 0.3) is 10.9 Å². The van der Waals surface area contributed by atoms with Crippen LogP contribution >= 0.6 is 0 Å². The van der Waals surface area contributed by atoms with Gasteiger partial charge in [-0.15, -0.1) is 0 Å². The summed E-state index contributed by atoms with van der Waals surface area (Å²) in [5.41, 5.74) is 5.76. The summed E-state index contributed by atoms with van der Waals surface area (Å²) >= 11 is 0. The Hall–Kier alpha value is -1.70. The summed E-state index contributed by atoms with van der Waals surface area (Å²) in [6.07, 6.45) is 1.53. The number of aliphatic hydroxyl groups excluding tert-OH is 1. The van der Waals surface area contributed by atoms with Gasteiger partial charge in [0.2, 0.25) is 10.0 Å². The first-order valence-corrected chi connectivity index (χ1v) is 7.89. The number of nitrogens with two attached hydrogens (primary N) is 1. The van der Waals surface area contributed by atoms with Crippen LogP contribution in [-0.4, -0.2) is 42.0 Å². The highest BCUT2D eigenvalue weighted by atomic mass is 32.2. The molecule has 1 heterocycles. The number of fused-ring (bicyclic) bond motifs is 1. The molecule has 0 radical (unpaired) electrons. The number of pyridine rings is 1. The van der Waals surface area contributed by atoms with E-state index in [0.29, 0.717) is 16.6 Å². The maximum absolute atomic E-state index is 12.8. The number of benzene rings is 1. The van der Waals surface area contributed by atoms with E-state index in [9.17, 15) is 13.5 Å². The highest BCUT2D eigenvalue weighted by Gasteiger charge is 2.34. The van der Waals surface area contributed by atoms with Crippen molar-refractivity contribution < 1.29 is 13.5 Å². The van der Waals surface area contributed by atoms with E-state index < -0.39 is 15.6 Å². The number of rotatable bonds is 4. The van der Waals surface area contributed by atoms with Gasteiger partial charge < -0.3 is 10.8 Å². The zero-order valence-corrected chi connectivity index (χ0v) is 13.1. The molecule has 0 aliphatic heterocycles. The molecule has 6 nitrogen and oxygen atoms in total. The molecule has 0 aliphatic rings. The number of aliphatic hydroxyl groups is 1. The summed E-state index contributed by atoms with van der Waals surface area (Å²) in [6, 6.07) is 6.44. The maximum Gasteiger partial charge on any atom is 0.245 e. The normalized spacial score (nSPS) is 13.0. The molecule has 0 saturated heterocycles. The third-order valence-electron chi connectivity index (χ3n) is 3.64. The van der Waals surface area contributed by atoms with Gasteiger partial charge in [0.1, 0.15) is 4.90 Å². The van der Waals surface area contributed by atoms with Crippen molar-refractivity contribution in [2.24, 2.45) is 0 Å². The Kier molecular flexibility index (Phi) is 3.92. The molecule has 0 atom stereocenters. The van der Waals surface area contributed by atoms with Crippen molar-refractivity contribution in [3.63, 3.8) is 0 Å². The standard InChI is InChI=1S/C14H19N3O3S/c1-14(2,9-18)17(3)21(19,20)12-7-6-11(15)10-5-4-8-16-13(10)12/h4-8,18H,9,15H2,1-3H3. The van der Waals surface area contributed by atoms with Crippen LogP contribution in [-0.2, 0) is 10.0 Å². The minimum absolute atomic E-state index is 0.0799. The van der Waals surface area contributed by atoms with Crippen LogP contribution < -0.4 is 5.73 Å². The van der Waals surface area contributed by atoms with Gasteiger partial charge in [0.05, 0.1) is 17.7 Å². The van der Waals surface area contributed by atoms with Crippen LogP contribution in [0.3, 0.4) is 0 Å². The Balaban J connectivity index is 2.70. The molecule has 0 amide bonds. The molecule has 7 heteroatoms. The van der Waals surface area contributed by atoms with Crippen molar-refractivity contribution in [3.05, 3.63) is 30.5 Å². The molecule has 0 fully saturated rings. The average molecular weight is 309 g/mol. The number of hydrogen-bond donors (Lipinski definition) is 2. The highest BCUT2D eigenvalue weighted by molar-refractivity contribution is 7.89. The molecule has 0 saturated carbocycles. The minimum atomic E-state index is -3.80. The third-order valence-corrected chi connectivity index (χ3v) is 5.74. The number of sulfonamides is 1. The Morgan fingerprint density at radius 1 is 1.33 bits per heavy atom. The molecule has 0 unspecified atom stereocenters. The van der Waals surface area contributed by atoms with E-state index in [1.807, 2.05) is 0 Å². The Labute approximate surface area is 124 Å². The van der Waals surface area contributed by atoms with Gasteiger partial charge in [-0.25, -0.2) is 8.42 Å². The fourth-order valence-electron chi connectivity index (χ4n) is 1.95. The van der Waals surface area contributed by atoms with Crippen molar-refractivity contribution >= 4 is 26.6 Å². The van der Waals surface area contributed by atoms with E-state index in [1.54, 1.807) is 32.0 Å². The van der Waals surface area contributed by atoms with Gasteiger partial charge in [-0.05, 0) is 38.1 Å². The van der Waals surface area contributed by atoms with Gasteiger partial charge in [0.25, 0.3) is 0 Å². The summed E-state index contributed by atoms with van der Waals surface area (Å²) in [5, 5.41) is 9.98. The second-order valence-corrected chi connectivity index (χ2v) is 7.43. The highest BCUT2D eigenvalue weighted by Crippen LogP contribution is 2.30. The van der Waals surface area contributed by atoms with Crippen LogP contribution in [0.5, 0.6) is 0 Å². The number of hydrogen-bond acceptors (Lipinski definition) is 5. The molecule has 0 aliphatic carbocycles. The number of aromatic nitrogens is 1. The molecule has 3 N–H and O–H groups in total. The van der Waals surface area contributed by atoms with Gasteiger partial charge in [0, 0.05) is 24.3 Å². The quantitative estimate of drug-likeness (QED) is 0.827. The van der Waals surface area contributed by atoms with Crippen molar-refractivity contribution in [1.29, 1.82) is 0 Å². The molecule has 0 bridgehead atoms. The second kappa shape index (κ2) is 5.25. The molecular weight excluding hydrogens is 290 g/mol. The molecule has 1 aromatic heterocycles. The number of nitrogens with zero attached hydrogens (tertiary/aromatic N) is 2. The lowest BCUT2D eigenvalue weighted by Crippen LogP contribution is -2.47. The van der Waals surface area contributed by atoms with E-state index in [-0.39, 0.29) is 11.5 Å². The van der Waals surface area contributed by atoms with Gasteiger partial charge in [-0.3, -0.25) is 4.98 Å². The van der Waals surface area contributed by atoms with Gasteiger partial charge in [-0.2, -0.15) is 4.31 Å². The second-order valence-electron chi connectivity index (χ2n) is 5.50. The predicted molar refractivity (Wildman–Crippen MR) is 82.3 cm³/mol. The Morgan fingerprint density at radius 3 is 2.62 bits per heavy atom. The molecule has 2 rings (SSSR count). The monoisotopic (exact) mass is 309 g/mol.